The van der Waals surface area contributed by atoms with Gasteiger partial charge in [0.1, 0.15) is 17.4 Å². The van der Waals surface area contributed by atoms with E-state index in [1.807, 2.05) is 34.6 Å². The van der Waals surface area contributed by atoms with Gasteiger partial charge >= 0.3 is 6.09 Å². The highest BCUT2D eigenvalue weighted by molar-refractivity contribution is 5.72. The highest BCUT2D eigenvalue weighted by Crippen LogP contribution is 2.38. The van der Waals surface area contributed by atoms with Gasteiger partial charge < -0.3 is 14.3 Å². The minimum absolute atomic E-state index is 0.236. The largest absolute Gasteiger partial charge is 0.444 e. The van der Waals surface area contributed by atoms with Crippen molar-refractivity contribution in [3.05, 3.63) is 0 Å². The first-order chi connectivity index (χ1) is 10.6. The summed E-state index contributed by atoms with van der Waals surface area (Å²) in [7, 11) is 0. The first-order valence-corrected chi connectivity index (χ1v) is 8.79. The third-order valence-electron chi connectivity index (χ3n) is 4.74. The summed E-state index contributed by atoms with van der Waals surface area (Å²) in [5, 5.41) is 0. The van der Waals surface area contributed by atoms with Crippen LogP contribution in [0.2, 0.25) is 0 Å². The Kier molecular flexibility index (Phi) is 5.39. The lowest BCUT2D eigenvalue weighted by atomic mass is 9.83. The molecule has 0 aromatic rings. The average molecular weight is 325 g/mol. The van der Waals surface area contributed by atoms with Gasteiger partial charge in [0.25, 0.3) is 0 Å². The fraction of sp³-hybridized carbons (Fsp3) is 0.889. The SMILES string of the molecule is CC(C)(C)OC(=O)N1[C@@H](CC2CCCCC2)[C@@H](C=O)OC1(C)C. The third kappa shape index (κ3) is 4.46. The highest BCUT2D eigenvalue weighted by Gasteiger charge is 2.51. The van der Waals surface area contributed by atoms with E-state index in [9.17, 15) is 9.59 Å². The lowest BCUT2D eigenvalue weighted by molar-refractivity contribution is -0.124. The predicted molar refractivity (Wildman–Crippen MR) is 88.1 cm³/mol. The summed E-state index contributed by atoms with van der Waals surface area (Å²) in [5.41, 5.74) is -1.39. The van der Waals surface area contributed by atoms with Crippen molar-refractivity contribution in [1.29, 1.82) is 0 Å². The second kappa shape index (κ2) is 6.80. The molecule has 5 heteroatoms. The van der Waals surface area contributed by atoms with E-state index >= 15 is 0 Å². The Hall–Kier alpha value is -1.10. The summed E-state index contributed by atoms with van der Waals surface area (Å²) in [5.74, 6) is 0.554. The molecule has 0 unspecified atom stereocenters. The molecule has 2 aliphatic rings. The maximum atomic E-state index is 12.7. The zero-order valence-corrected chi connectivity index (χ0v) is 15.1. The molecule has 2 atom stereocenters. The van der Waals surface area contributed by atoms with Gasteiger partial charge in [-0.2, -0.15) is 0 Å². The van der Waals surface area contributed by atoms with Crippen molar-refractivity contribution in [1.82, 2.24) is 4.90 Å². The molecule has 1 saturated heterocycles. The van der Waals surface area contributed by atoms with Crippen LogP contribution in [0.4, 0.5) is 4.79 Å². The van der Waals surface area contributed by atoms with E-state index < -0.39 is 23.5 Å². The normalized spacial score (nSPS) is 28.7. The van der Waals surface area contributed by atoms with Crippen LogP contribution in [0.15, 0.2) is 0 Å². The molecule has 0 N–H and O–H groups in total. The van der Waals surface area contributed by atoms with Crippen molar-refractivity contribution in [2.75, 3.05) is 0 Å². The summed E-state index contributed by atoms with van der Waals surface area (Å²) >= 11 is 0. The van der Waals surface area contributed by atoms with Gasteiger partial charge in [0.2, 0.25) is 0 Å². The molecular weight excluding hydrogens is 294 g/mol. The number of hydrogen-bond acceptors (Lipinski definition) is 4. The van der Waals surface area contributed by atoms with Crippen LogP contribution in [-0.2, 0) is 14.3 Å². The Morgan fingerprint density at radius 3 is 2.39 bits per heavy atom. The molecular formula is C18H31NO4. The van der Waals surface area contributed by atoms with Gasteiger partial charge in [-0.15, -0.1) is 0 Å². The van der Waals surface area contributed by atoms with Crippen LogP contribution in [0.3, 0.4) is 0 Å². The number of rotatable bonds is 3. The first-order valence-electron chi connectivity index (χ1n) is 8.79. The zero-order valence-electron chi connectivity index (χ0n) is 15.1. The minimum Gasteiger partial charge on any atom is -0.444 e. The quantitative estimate of drug-likeness (QED) is 0.739. The molecule has 1 heterocycles. The van der Waals surface area contributed by atoms with Crippen LogP contribution in [-0.4, -0.2) is 40.8 Å². The number of aldehydes is 1. The van der Waals surface area contributed by atoms with E-state index in [-0.39, 0.29) is 6.04 Å². The van der Waals surface area contributed by atoms with Crippen molar-refractivity contribution in [3.8, 4) is 0 Å². The van der Waals surface area contributed by atoms with Crippen LogP contribution < -0.4 is 0 Å². The van der Waals surface area contributed by atoms with E-state index in [1.165, 1.54) is 32.1 Å². The van der Waals surface area contributed by atoms with Crippen LogP contribution in [0, 0.1) is 5.92 Å². The molecule has 0 spiro atoms. The molecule has 0 radical (unpaired) electrons. The van der Waals surface area contributed by atoms with Crippen molar-refractivity contribution in [2.45, 2.75) is 96.6 Å². The molecule has 2 fully saturated rings. The average Bonchev–Trinajstić information content (AvgIpc) is 2.68. The van der Waals surface area contributed by atoms with E-state index in [1.54, 1.807) is 4.90 Å². The predicted octanol–water partition coefficient (Wildman–Crippen LogP) is 3.90. The molecule has 0 bridgehead atoms. The van der Waals surface area contributed by atoms with E-state index in [0.29, 0.717) is 5.92 Å². The Balaban J connectivity index is 2.18. The lowest BCUT2D eigenvalue weighted by Crippen LogP contribution is -2.50. The fourth-order valence-corrected chi connectivity index (χ4v) is 3.80. The van der Waals surface area contributed by atoms with Crippen LogP contribution in [0.1, 0.15) is 73.1 Å². The molecule has 23 heavy (non-hydrogen) atoms. The van der Waals surface area contributed by atoms with Crippen molar-refractivity contribution in [2.24, 2.45) is 5.92 Å². The topological polar surface area (TPSA) is 55.8 Å². The standard InChI is InChI=1S/C18H31NO4/c1-17(2,3)23-16(21)19-14(11-13-9-7-6-8-10-13)15(12-20)22-18(19,4)5/h12-15H,6-11H2,1-5H3/t14-,15+/m0/s1. The van der Waals surface area contributed by atoms with Crippen molar-refractivity contribution < 1.29 is 19.1 Å². The Labute approximate surface area is 139 Å². The summed E-state index contributed by atoms with van der Waals surface area (Å²) in [6, 6.07) is -0.236. The Morgan fingerprint density at radius 2 is 1.87 bits per heavy atom. The minimum atomic E-state index is -0.826. The number of ether oxygens (including phenoxy) is 2. The number of carbonyl (C=O) groups is 2. The highest BCUT2D eigenvalue weighted by atomic mass is 16.6. The molecule has 1 amide bonds. The zero-order chi connectivity index (χ0) is 17.3. The molecule has 2 rings (SSSR count). The maximum Gasteiger partial charge on any atom is 0.412 e. The number of nitrogens with zero attached hydrogens (tertiary/aromatic N) is 1. The van der Waals surface area contributed by atoms with Gasteiger partial charge in [-0.1, -0.05) is 32.1 Å². The molecule has 132 valence electrons. The number of hydrogen-bond donors (Lipinski definition) is 0. The van der Waals surface area contributed by atoms with Crippen molar-refractivity contribution >= 4 is 12.4 Å². The summed E-state index contributed by atoms with van der Waals surface area (Å²) in [4.78, 5) is 25.8. The van der Waals surface area contributed by atoms with Crippen LogP contribution in [0.25, 0.3) is 0 Å². The lowest BCUT2D eigenvalue weighted by Gasteiger charge is -2.36. The summed E-state index contributed by atoms with van der Waals surface area (Å²) < 4.78 is 11.4. The second-order valence-corrected chi connectivity index (χ2v) is 8.32. The van der Waals surface area contributed by atoms with E-state index in [2.05, 4.69) is 0 Å². The Morgan fingerprint density at radius 1 is 1.26 bits per heavy atom. The van der Waals surface area contributed by atoms with Crippen LogP contribution in [0.5, 0.6) is 0 Å². The molecule has 0 aromatic heterocycles. The fourth-order valence-electron chi connectivity index (χ4n) is 3.80. The van der Waals surface area contributed by atoms with Gasteiger partial charge in [0, 0.05) is 0 Å². The summed E-state index contributed by atoms with van der Waals surface area (Å²) in [6.07, 6.45) is 6.78. The molecule has 1 aliphatic carbocycles. The van der Waals surface area contributed by atoms with Gasteiger partial charge in [-0.25, -0.2) is 4.79 Å². The molecule has 1 saturated carbocycles. The molecule has 0 aromatic carbocycles. The van der Waals surface area contributed by atoms with E-state index in [4.69, 9.17) is 9.47 Å². The Bertz CT molecular complexity index is 435. The van der Waals surface area contributed by atoms with Gasteiger partial charge in [-0.05, 0) is 47.0 Å². The van der Waals surface area contributed by atoms with Gasteiger partial charge in [-0.3, -0.25) is 4.90 Å². The molecule has 5 nitrogen and oxygen atoms in total. The van der Waals surface area contributed by atoms with Crippen molar-refractivity contribution in [3.63, 3.8) is 0 Å². The third-order valence-corrected chi connectivity index (χ3v) is 4.74. The maximum absolute atomic E-state index is 12.7. The summed E-state index contributed by atoms with van der Waals surface area (Å²) in [6.45, 7) is 9.20. The second-order valence-electron chi connectivity index (χ2n) is 8.32. The van der Waals surface area contributed by atoms with Gasteiger partial charge in [0.05, 0.1) is 6.04 Å². The smallest absolute Gasteiger partial charge is 0.412 e. The monoisotopic (exact) mass is 325 g/mol. The number of amides is 1. The molecule has 1 aliphatic heterocycles. The van der Waals surface area contributed by atoms with Gasteiger partial charge in [0.15, 0.2) is 6.29 Å². The van der Waals surface area contributed by atoms with E-state index in [0.717, 1.165) is 12.7 Å². The van der Waals surface area contributed by atoms with Crippen LogP contribution >= 0.6 is 0 Å². The first kappa shape index (κ1) is 18.2. The number of carbonyl (C=O) groups excluding carboxylic acids is 2.